The van der Waals surface area contributed by atoms with E-state index in [1.165, 1.54) is 16.4 Å². The highest BCUT2D eigenvalue weighted by Crippen LogP contribution is 2.24. The maximum Gasteiger partial charge on any atom is 0.325 e. The predicted octanol–water partition coefficient (Wildman–Crippen LogP) is 1.69. The zero-order valence-electron chi connectivity index (χ0n) is 17.9. The van der Waals surface area contributed by atoms with E-state index in [0.717, 1.165) is 12.8 Å². The molecule has 0 radical (unpaired) electrons. The van der Waals surface area contributed by atoms with Gasteiger partial charge in [0.2, 0.25) is 10.0 Å². The van der Waals surface area contributed by atoms with Gasteiger partial charge in [0.1, 0.15) is 12.1 Å². The van der Waals surface area contributed by atoms with Crippen LogP contribution in [0.1, 0.15) is 47.0 Å². The minimum Gasteiger partial charge on any atom is -0.463 e. The highest BCUT2D eigenvalue weighted by Gasteiger charge is 2.34. The van der Waals surface area contributed by atoms with Crippen LogP contribution in [-0.4, -0.2) is 50.0 Å². The fourth-order valence-electron chi connectivity index (χ4n) is 2.77. The van der Waals surface area contributed by atoms with Crippen molar-refractivity contribution >= 4 is 21.7 Å². The molecule has 0 fully saturated rings. The normalized spacial score (nSPS) is 13.7. The fraction of sp³-hybridized carbons (Fsp3) is 0.650. The molecule has 1 aromatic carbocycles. The summed E-state index contributed by atoms with van der Waals surface area (Å²) in [5, 5.41) is 0. The average Bonchev–Trinajstić information content (AvgIpc) is 2.62. The van der Waals surface area contributed by atoms with E-state index >= 15 is 0 Å². The third-order valence-corrected chi connectivity index (χ3v) is 6.30. The van der Waals surface area contributed by atoms with Crippen molar-refractivity contribution in [3.05, 3.63) is 24.3 Å². The Morgan fingerprint density at radius 1 is 1.17 bits per heavy atom. The van der Waals surface area contributed by atoms with E-state index in [9.17, 15) is 13.2 Å². The van der Waals surface area contributed by atoms with E-state index in [1.807, 2.05) is 13.8 Å². The van der Waals surface area contributed by atoms with Crippen LogP contribution < -0.4 is 17.2 Å². The van der Waals surface area contributed by atoms with Crippen molar-refractivity contribution in [3.8, 4) is 0 Å². The van der Waals surface area contributed by atoms with E-state index in [2.05, 4.69) is 0 Å². The van der Waals surface area contributed by atoms with Gasteiger partial charge in [0, 0.05) is 12.2 Å². The molecular formula is C20H36N4O4S. The minimum absolute atomic E-state index is 0.0645. The highest BCUT2D eigenvalue weighted by atomic mass is 32.2. The number of carbonyl (C=O) groups excluding carboxylic acids is 1. The van der Waals surface area contributed by atoms with Gasteiger partial charge in [0.05, 0.1) is 10.9 Å². The third-order valence-electron chi connectivity index (χ3n) is 4.36. The quantitative estimate of drug-likeness (QED) is 0.261. The van der Waals surface area contributed by atoms with Crippen molar-refractivity contribution in [3.63, 3.8) is 0 Å². The summed E-state index contributed by atoms with van der Waals surface area (Å²) in [5.74, 6) is -0.493. The van der Waals surface area contributed by atoms with Gasteiger partial charge in [-0.05, 0) is 63.4 Å². The topological polar surface area (TPSA) is 142 Å². The summed E-state index contributed by atoms with van der Waals surface area (Å²) in [7, 11) is -3.81. The number of nitrogens with two attached hydrogens (primary N) is 3. The van der Waals surface area contributed by atoms with Crippen LogP contribution in [0.25, 0.3) is 0 Å². The molecule has 0 spiro atoms. The van der Waals surface area contributed by atoms with Gasteiger partial charge < -0.3 is 21.9 Å². The number of sulfonamides is 1. The summed E-state index contributed by atoms with van der Waals surface area (Å²) in [6.07, 6.45) is 2.00. The molecule has 29 heavy (non-hydrogen) atoms. The Balaban J connectivity index is 3.21. The van der Waals surface area contributed by atoms with Crippen LogP contribution in [0, 0.1) is 5.92 Å². The molecule has 0 aliphatic heterocycles. The lowest BCUT2D eigenvalue weighted by atomic mass is 10.1. The molecule has 6 N–H and O–H groups in total. The number of hydrogen-bond acceptors (Lipinski definition) is 7. The standard InChI is InChI=1S/C20H36N4O4S/c1-15(2)13-24(29(26,27)18-10-8-16(22)9-11-18)17(7-5-6-12-21)14-28-19(25)20(3,4)23/h8-11,15,17H,5-7,12-14,21-23H2,1-4H3. The Kier molecular flexibility index (Phi) is 9.54. The number of nitrogens with zero attached hydrogens (tertiary/aromatic N) is 1. The lowest BCUT2D eigenvalue weighted by Gasteiger charge is -2.32. The van der Waals surface area contributed by atoms with E-state index in [1.54, 1.807) is 26.0 Å². The van der Waals surface area contributed by atoms with Gasteiger partial charge in [-0.3, -0.25) is 4.79 Å². The number of unbranched alkanes of at least 4 members (excludes halogenated alkanes) is 1. The summed E-state index contributed by atoms with van der Waals surface area (Å²) in [6.45, 7) is 7.73. The van der Waals surface area contributed by atoms with Crippen LogP contribution >= 0.6 is 0 Å². The third kappa shape index (κ3) is 7.93. The second kappa shape index (κ2) is 10.9. The van der Waals surface area contributed by atoms with Gasteiger partial charge in [0.15, 0.2) is 0 Å². The van der Waals surface area contributed by atoms with Crippen molar-refractivity contribution in [1.29, 1.82) is 0 Å². The molecule has 0 bridgehead atoms. The first-order valence-electron chi connectivity index (χ1n) is 9.93. The van der Waals surface area contributed by atoms with Crippen LogP contribution in [0.5, 0.6) is 0 Å². The SMILES string of the molecule is CC(C)CN(C(CCCCN)COC(=O)C(C)(C)N)S(=O)(=O)c1ccc(N)cc1. The molecule has 0 aromatic heterocycles. The van der Waals surface area contributed by atoms with Gasteiger partial charge >= 0.3 is 5.97 Å². The number of benzene rings is 1. The van der Waals surface area contributed by atoms with Crippen molar-refractivity contribution in [2.24, 2.45) is 17.4 Å². The molecule has 9 heteroatoms. The molecule has 1 rings (SSSR count). The molecule has 0 saturated heterocycles. The van der Waals surface area contributed by atoms with Gasteiger partial charge in [-0.1, -0.05) is 20.3 Å². The van der Waals surface area contributed by atoms with Crippen LogP contribution in [0.2, 0.25) is 0 Å². The lowest BCUT2D eigenvalue weighted by molar-refractivity contribution is -0.150. The molecule has 166 valence electrons. The van der Waals surface area contributed by atoms with Gasteiger partial charge in [0.25, 0.3) is 0 Å². The Hall–Kier alpha value is -1.68. The fourth-order valence-corrected chi connectivity index (χ4v) is 4.58. The second-order valence-electron chi connectivity index (χ2n) is 8.30. The van der Waals surface area contributed by atoms with Gasteiger partial charge in [-0.15, -0.1) is 0 Å². The monoisotopic (exact) mass is 428 g/mol. The molecular weight excluding hydrogens is 392 g/mol. The smallest absolute Gasteiger partial charge is 0.325 e. The van der Waals surface area contributed by atoms with Crippen LogP contribution in [-0.2, 0) is 19.6 Å². The molecule has 0 saturated carbocycles. The molecule has 1 unspecified atom stereocenters. The molecule has 1 aromatic rings. The molecule has 8 nitrogen and oxygen atoms in total. The Labute approximate surface area is 174 Å². The first-order valence-corrected chi connectivity index (χ1v) is 11.4. The summed E-state index contributed by atoms with van der Waals surface area (Å²) < 4.78 is 33.6. The van der Waals surface area contributed by atoms with Crippen LogP contribution in [0.3, 0.4) is 0 Å². The summed E-state index contributed by atoms with van der Waals surface area (Å²) >= 11 is 0. The number of ether oxygens (including phenoxy) is 1. The van der Waals surface area contributed by atoms with E-state index < -0.39 is 27.6 Å². The summed E-state index contributed by atoms with van der Waals surface area (Å²) in [4.78, 5) is 12.3. The lowest BCUT2D eigenvalue weighted by Crippen LogP contribution is -2.48. The van der Waals surface area contributed by atoms with Crippen molar-refractivity contribution < 1.29 is 17.9 Å². The molecule has 0 aliphatic rings. The predicted molar refractivity (Wildman–Crippen MR) is 116 cm³/mol. The zero-order chi connectivity index (χ0) is 22.2. The van der Waals surface area contributed by atoms with Crippen molar-refractivity contribution in [2.45, 2.75) is 63.4 Å². The van der Waals surface area contributed by atoms with Gasteiger partial charge in [-0.25, -0.2) is 8.42 Å². The number of esters is 1. The number of carbonyl (C=O) groups is 1. The number of anilines is 1. The van der Waals surface area contributed by atoms with E-state index in [-0.39, 0.29) is 17.4 Å². The second-order valence-corrected chi connectivity index (χ2v) is 10.2. The molecule has 0 heterocycles. The Bertz CT molecular complexity index is 743. The first kappa shape index (κ1) is 25.4. The van der Waals surface area contributed by atoms with E-state index in [4.69, 9.17) is 21.9 Å². The Morgan fingerprint density at radius 3 is 2.24 bits per heavy atom. The number of nitrogen functional groups attached to an aromatic ring is 1. The van der Waals surface area contributed by atoms with E-state index in [0.29, 0.717) is 25.2 Å². The van der Waals surface area contributed by atoms with Crippen molar-refractivity contribution in [1.82, 2.24) is 4.31 Å². The molecule has 0 amide bonds. The zero-order valence-corrected chi connectivity index (χ0v) is 18.7. The van der Waals surface area contributed by atoms with Gasteiger partial charge in [-0.2, -0.15) is 4.31 Å². The van der Waals surface area contributed by atoms with Crippen LogP contribution in [0.4, 0.5) is 5.69 Å². The number of hydrogen-bond donors (Lipinski definition) is 3. The summed E-state index contributed by atoms with van der Waals surface area (Å²) in [5.41, 5.74) is 16.4. The maximum absolute atomic E-state index is 13.4. The average molecular weight is 429 g/mol. The maximum atomic E-state index is 13.4. The largest absolute Gasteiger partial charge is 0.463 e. The molecule has 1 atom stereocenters. The Morgan fingerprint density at radius 2 is 1.76 bits per heavy atom. The molecule has 0 aliphatic carbocycles. The van der Waals surface area contributed by atoms with Crippen molar-refractivity contribution in [2.75, 3.05) is 25.4 Å². The highest BCUT2D eigenvalue weighted by molar-refractivity contribution is 7.89. The van der Waals surface area contributed by atoms with Crippen LogP contribution in [0.15, 0.2) is 29.2 Å². The minimum atomic E-state index is -3.81. The first-order chi connectivity index (χ1) is 13.4. The number of rotatable bonds is 12. The summed E-state index contributed by atoms with van der Waals surface area (Å²) in [6, 6.07) is 5.58.